The third-order valence-electron chi connectivity index (χ3n) is 7.22. The number of aromatic amines is 1. The number of aromatic nitrogens is 2. The Morgan fingerprint density at radius 2 is 2.21 bits per heavy atom. The van der Waals surface area contributed by atoms with Gasteiger partial charge in [-0.2, -0.15) is 0 Å². The molecule has 1 aromatic rings. The molecule has 4 aliphatic rings. The largest absolute Gasteiger partial charge is 0.341 e. The maximum atomic E-state index is 12.5. The van der Waals surface area contributed by atoms with E-state index in [4.69, 9.17) is 0 Å². The Morgan fingerprint density at radius 1 is 1.38 bits per heavy atom. The van der Waals surface area contributed by atoms with Gasteiger partial charge in [-0.05, 0) is 49.4 Å². The molecule has 1 N–H and O–H groups in total. The van der Waals surface area contributed by atoms with Gasteiger partial charge in [0.25, 0.3) is 5.91 Å². The van der Waals surface area contributed by atoms with E-state index < -0.39 is 0 Å². The number of H-pyrrole nitrogens is 1. The van der Waals surface area contributed by atoms with Crippen LogP contribution in [0.2, 0.25) is 0 Å². The van der Waals surface area contributed by atoms with Gasteiger partial charge in [-0.15, -0.1) is 0 Å². The Kier molecular flexibility index (Phi) is 3.94. The van der Waals surface area contributed by atoms with Crippen molar-refractivity contribution in [1.29, 1.82) is 0 Å². The van der Waals surface area contributed by atoms with Gasteiger partial charge < -0.3 is 9.88 Å². The van der Waals surface area contributed by atoms with Crippen LogP contribution in [-0.2, 0) is 0 Å². The van der Waals surface area contributed by atoms with Crippen LogP contribution in [0, 0.1) is 23.2 Å². The van der Waals surface area contributed by atoms with Gasteiger partial charge in [0.2, 0.25) is 0 Å². The number of amides is 1. The quantitative estimate of drug-likeness (QED) is 0.927. The molecule has 5 nitrogen and oxygen atoms in total. The summed E-state index contributed by atoms with van der Waals surface area (Å²) in [5, 5.41) is 0. The predicted molar refractivity (Wildman–Crippen MR) is 93.6 cm³/mol. The average molecular weight is 330 g/mol. The molecule has 4 fully saturated rings. The Labute approximate surface area is 144 Å². The van der Waals surface area contributed by atoms with E-state index in [1.807, 2.05) is 4.90 Å². The summed E-state index contributed by atoms with van der Waals surface area (Å²) in [5.74, 6) is 3.22. The fraction of sp³-hybridized carbons (Fsp3) is 0.789. The molecule has 132 valence electrons. The van der Waals surface area contributed by atoms with Gasteiger partial charge >= 0.3 is 0 Å². The molecule has 0 unspecified atom stereocenters. The molecule has 5 heteroatoms. The van der Waals surface area contributed by atoms with Crippen LogP contribution in [0.5, 0.6) is 0 Å². The molecule has 0 aromatic carbocycles. The van der Waals surface area contributed by atoms with Crippen LogP contribution in [0.1, 0.15) is 50.7 Å². The van der Waals surface area contributed by atoms with Crippen LogP contribution in [0.4, 0.5) is 0 Å². The minimum atomic E-state index is 0.0344. The lowest BCUT2D eigenvalue weighted by Crippen LogP contribution is -2.58. The smallest absolute Gasteiger partial charge is 0.289 e. The van der Waals surface area contributed by atoms with E-state index in [-0.39, 0.29) is 5.91 Å². The zero-order valence-electron chi connectivity index (χ0n) is 15.2. The van der Waals surface area contributed by atoms with Gasteiger partial charge in [-0.25, -0.2) is 4.98 Å². The first-order valence-corrected chi connectivity index (χ1v) is 9.49. The van der Waals surface area contributed by atoms with Crippen molar-refractivity contribution in [2.24, 2.45) is 23.2 Å². The molecule has 0 spiro atoms. The second-order valence-electron chi connectivity index (χ2n) is 8.73. The summed E-state index contributed by atoms with van der Waals surface area (Å²) in [4.78, 5) is 24.1. The molecular weight excluding hydrogens is 300 g/mol. The third kappa shape index (κ3) is 2.57. The lowest BCUT2D eigenvalue weighted by Gasteiger charge is -2.61. The zero-order valence-corrected chi connectivity index (χ0v) is 15.2. The number of nitrogens with zero attached hydrogens (tertiary/aromatic N) is 3. The second-order valence-corrected chi connectivity index (χ2v) is 8.73. The fourth-order valence-electron chi connectivity index (χ4n) is 5.47. The number of hydrogen-bond donors (Lipinski definition) is 1. The summed E-state index contributed by atoms with van der Waals surface area (Å²) >= 11 is 0. The molecule has 3 saturated carbocycles. The van der Waals surface area contributed by atoms with E-state index in [2.05, 4.69) is 35.6 Å². The molecule has 1 aromatic heterocycles. The van der Waals surface area contributed by atoms with Crippen LogP contribution in [0.15, 0.2) is 12.4 Å². The van der Waals surface area contributed by atoms with Gasteiger partial charge in [-0.1, -0.05) is 13.8 Å². The summed E-state index contributed by atoms with van der Waals surface area (Å²) in [6.45, 7) is 11.0. The first kappa shape index (κ1) is 16.1. The number of carbonyl (C=O) groups excluding carboxylic acids is 1. The molecule has 1 aliphatic heterocycles. The number of piperazine rings is 1. The Morgan fingerprint density at radius 3 is 2.83 bits per heavy atom. The highest BCUT2D eigenvalue weighted by molar-refractivity contribution is 5.90. The molecule has 3 aliphatic carbocycles. The monoisotopic (exact) mass is 330 g/mol. The van der Waals surface area contributed by atoms with Crippen molar-refractivity contribution in [2.75, 3.05) is 26.2 Å². The topological polar surface area (TPSA) is 52.2 Å². The van der Waals surface area contributed by atoms with Gasteiger partial charge in [0.05, 0.1) is 0 Å². The van der Waals surface area contributed by atoms with E-state index in [0.29, 0.717) is 17.3 Å². The van der Waals surface area contributed by atoms with Crippen molar-refractivity contribution in [3.63, 3.8) is 0 Å². The highest BCUT2D eigenvalue weighted by Crippen LogP contribution is 2.61. The van der Waals surface area contributed by atoms with Gasteiger partial charge in [0, 0.05) is 44.6 Å². The Bertz CT molecular complexity index is 595. The molecule has 0 radical (unpaired) electrons. The molecule has 1 amide bonds. The van der Waals surface area contributed by atoms with Gasteiger partial charge in [0.1, 0.15) is 0 Å². The average Bonchev–Trinajstić information content (AvgIpc) is 3.10. The second kappa shape index (κ2) is 5.87. The van der Waals surface area contributed by atoms with Crippen molar-refractivity contribution in [1.82, 2.24) is 19.8 Å². The number of nitrogens with one attached hydrogen (secondary N) is 1. The molecular formula is C19H30N4O. The number of carbonyl (C=O) groups is 1. The minimum Gasteiger partial charge on any atom is -0.341 e. The molecule has 4 atom stereocenters. The summed E-state index contributed by atoms with van der Waals surface area (Å²) in [6.07, 6.45) is 7.62. The molecule has 2 bridgehead atoms. The Hall–Kier alpha value is -1.36. The third-order valence-corrected chi connectivity index (χ3v) is 7.22. The predicted octanol–water partition coefficient (Wildman–Crippen LogP) is 2.63. The van der Waals surface area contributed by atoms with Crippen molar-refractivity contribution in [3.8, 4) is 0 Å². The number of fused-ring (bicyclic) bond motifs is 2. The maximum Gasteiger partial charge on any atom is 0.289 e. The highest BCUT2D eigenvalue weighted by Gasteiger charge is 2.54. The van der Waals surface area contributed by atoms with Crippen LogP contribution >= 0.6 is 0 Å². The van der Waals surface area contributed by atoms with E-state index in [9.17, 15) is 4.79 Å². The molecule has 5 rings (SSSR count). The molecule has 2 heterocycles. The SMILES string of the molecule is C[C@@H]1CN(C(=O)c2ncc[nH]2)CCN1C[C@@H]1CC[C@H]2C[C@@H]1C2(C)C. The normalized spacial score (nSPS) is 35.5. The van der Waals surface area contributed by atoms with E-state index in [1.54, 1.807) is 12.4 Å². The van der Waals surface area contributed by atoms with E-state index in [0.717, 1.165) is 37.4 Å². The zero-order chi connectivity index (χ0) is 16.9. The van der Waals surface area contributed by atoms with Crippen molar-refractivity contribution < 1.29 is 4.79 Å². The summed E-state index contributed by atoms with van der Waals surface area (Å²) in [5.41, 5.74) is 0.559. The lowest BCUT2D eigenvalue weighted by atomic mass is 9.45. The first-order chi connectivity index (χ1) is 11.5. The van der Waals surface area contributed by atoms with Crippen molar-refractivity contribution in [2.45, 2.75) is 46.1 Å². The van der Waals surface area contributed by atoms with Gasteiger partial charge in [0.15, 0.2) is 5.82 Å². The number of imidazole rings is 1. The lowest BCUT2D eigenvalue weighted by molar-refractivity contribution is -0.115. The number of hydrogen-bond acceptors (Lipinski definition) is 3. The van der Waals surface area contributed by atoms with Crippen molar-refractivity contribution in [3.05, 3.63) is 18.2 Å². The molecule has 24 heavy (non-hydrogen) atoms. The summed E-state index contributed by atoms with van der Waals surface area (Å²) < 4.78 is 0. The maximum absolute atomic E-state index is 12.5. The minimum absolute atomic E-state index is 0.0344. The summed E-state index contributed by atoms with van der Waals surface area (Å²) in [6, 6.07) is 0.429. The van der Waals surface area contributed by atoms with Crippen LogP contribution in [-0.4, -0.2) is 57.9 Å². The summed E-state index contributed by atoms with van der Waals surface area (Å²) in [7, 11) is 0. The van der Waals surface area contributed by atoms with Crippen LogP contribution < -0.4 is 0 Å². The van der Waals surface area contributed by atoms with E-state index >= 15 is 0 Å². The number of rotatable bonds is 3. The van der Waals surface area contributed by atoms with Gasteiger partial charge in [-0.3, -0.25) is 9.69 Å². The highest BCUT2D eigenvalue weighted by atomic mass is 16.2. The Balaban J connectivity index is 1.35. The molecule has 1 saturated heterocycles. The van der Waals surface area contributed by atoms with Crippen molar-refractivity contribution >= 4 is 5.91 Å². The standard InChI is InChI=1S/C19H30N4O/c1-13-11-23(18(24)17-20-6-7-21-17)9-8-22(13)12-14-4-5-15-10-16(14)19(15,2)3/h6-7,13-16H,4-5,8-12H2,1-3H3,(H,20,21)/t13-,14+,15+,16+/m1/s1. The fourth-order valence-corrected chi connectivity index (χ4v) is 5.47. The van der Waals surface area contributed by atoms with Crippen LogP contribution in [0.25, 0.3) is 0 Å². The van der Waals surface area contributed by atoms with Crippen LogP contribution in [0.3, 0.4) is 0 Å². The van der Waals surface area contributed by atoms with E-state index in [1.165, 1.54) is 25.8 Å². The first-order valence-electron chi connectivity index (χ1n) is 9.49.